The van der Waals surface area contributed by atoms with Crippen LogP contribution in [0.3, 0.4) is 0 Å². The molecule has 8 heteroatoms. The quantitative estimate of drug-likeness (QED) is 0.650. The number of furan rings is 1. The number of halogens is 1. The van der Waals surface area contributed by atoms with E-state index in [0.717, 1.165) is 15.7 Å². The number of benzene rings is 1. The first-order valence-electron chi connectivity index (χ1n) is 7.16. The molecule has 0 fully saturated rings. The average Bonchev–Trinajstić information content (AvgIpc) is 3.19. The fourth-order valence-corrected chi connectivity index (χ4v) is 3.15. The van der Waals surface area contributed by atoms with Crippen LogP contribution in [0.5, 0.6) is 0 Å². The SMILES string of the molecule is Cc1ccc(NC(=O)CSc2nnc(-c3ccco3)n2C)cc1Br. The van der Waals surface area contributed by atoms with E-state index in [-0.39, 0.29) is 11.7 Å². The van der Waals surface area contributed by atoms with Gasteiger partial charge in [-0.3, -0.25) is 4.79 Å². The Morgan fingerprint density at radius 2 is 2.21 bits per heavy atom. The van der Waals surface area contributed by atoms with Gasteiger partial charge in [0, 0.05) is 17.2 Å². The van der Waals surface area contributed by atoms with Gasteiger partial charge in [-0.05, 0) is 36.8 Å². The van der Waals surface area contributed by atoms with Crippen LogP contribution in [-0.4, -0.2) is 26.4 Å². The zero-order chi connectivity index (χ0) is 17.1. The summed E-state index contributed by atoms with van der Waals surface area (Å²) in [6, 6.07) is 9.32. The van der Waals surface area contributed by atoms with Gasteiger partial charge in [0.25, 0.3) is 0 Å². The Morgan fingerprint density at radius 1 is 1.38 bits per heavy atom. The smallest absolute Gasteiger partial charge is 0.234 e. The lowest BCUT2D eigenvalue weighted by atomic mass is 10.2. The van der Waals surface area contributed by atoms with E-state index in [4.69, 9.17) is 4.42 Å². The van der Waals surface area contributed by atoms with Crippen molar-refractivity contribution in [1.29, 1.82) is 0 Å². The van der Waals surface area contributed by atoms with Crippen molar-refractivity contribution >= 4 is 39.3 Å². The lowest BCUT2D eigenvalue weighted by molar-refractivity contribution is -0.113. The Kier molecular flexibility index (Phi) is 5.06. The number of nitrogens with one attached hydrogen (secondary N) is 1. The van der Waals surface area contributed by atoms with Crippen LogP contribution in [0, 0.1) is 6.92 Å². The van der Waals surface area contributed by atoms with E-state index in [0.29, 0.717) is 16.7 Å². The third kappa shape index (κ3) is 3.70. The molecule has 3 aromatic rings. The predicted octanol–water partition coefficient (Wildman–Crippen LogP) is 3.88. The second kappa shape index (κ2) is 7.23. The number of anilines is 1. The fourth-order valence-electron chi connectivity index (χ4n) is 2.06. The van der Waals surface area contributed by atoms with Crippen molar-refractivity contribution in [2.75, 3.05) is 11.1 Å². The van der Waals surface area contributed by atoms with E-state index in [2.05, 4.69) is 31.4 Å². The van der Waals surface area contributed by atoms with Crippen LogP contribution < -0.4 is 5.32 Å². The molecule has 0 aliphatic heterocycles. The maximum Gasteiger partial charge on any atom is 0.234 e. The molecular formula is C16H15BrN4O2S. The number of rotatable bonds is 5. The zero-order valence-corrected chi connectivity index (χ0v) is 15.5. The highest BCUT2D eigenvalue weighted by Gasteiger charge is 2.14. The number of aromatic nitrogens is 3. The fraction of sp³-hybridized carbons (Fsp3) is 0.188. The highest BCUT2D eigenvalue weighted by atomic mass is 79.9. The van der Waals surface area contributed by atoms with Gasteiger partial charge in [0.05, 0.1) is 12.0 Å². The molecule has 1 amide bonds. The highest BCUT2D eigenvalue weighted by molar-refractivity contribution is 9.10. The third-order valence-corrected chi connectivity index (χ3v) is 5.24. The van der Waals surface area contributed by atoms with Gasteiger partial charge in [-0.1, -0.05) is 33.8 Å². The van der Waals surface area contributed by atoms with Crippen molar-refractivity contribution in [3.8, 4) is 11.6 Å². The number of nitrogens with zero attached hydrogens (tertiary/aromatic N) is 3. The average molecular weight is 407 g/mol. The van der Waals surface area contributed by atoms with Crippen molar-refractivity contribution in [1.82, 2.24) is 14.8 Å². The first-order chi connectivity index (χ1) is 11.5. The van der Waals surface area contributed by atoms with Gasteiger partial charge in [-0.2, -0.15) is 0 Å². The van der Waals surface area contributed by atoms with Crippen LogP contribution in [0.25, 0.3) is 11.6 Å². The molecule has 0 saturated heterocycles. The number of carbonyl (C=O) groups excluding carboxylic acids is 1. The second-order valence-corrected chi connectivity index (χ2v) is 6.94. The predicted molar refractivity (Wildman–Crippen MR) is 96.9 cm³/mol. The summed E-state index contributed by atoms with van der Waals surface area (Å²) in [7, 11) is 1.84. The molecule has 0 atom stereocenters. The van der Waals surface area contributed by atoms with E-state index in [9.17, 15) is 4.79 Å². The van der Waals surface area contributed by atoms with Crippen molar-refractivity contribution in [3.05, 3.63) is 46.6 Å². The molecule has 0 saturated carbocycles. The molecule has 2 heterocycles. The van der Waals surface area contributed by atoms with Gasteiger partial charge in [-0.25, -0.2) is 0 Å². The maximum atomic E-state index is 12.1. The number of hydrogen-bond donors (Lipinski definition) is 1. The monoisotopic (exact) mass is 406 g/mol. The van der Waals surface area contributed by atoms with Gasteiger partial charge in [0.2, 0.25) is 5.91 Å². The van der Waals surface area contributed by atoms with E-state index in [1.807, 2.05) is 38.2 Å². The molecule has 6 nitrogen and oxygen atoms in total. The van der Waals surface area contributed by atoms with E-state index >= 15 is 0 Å². The van der Waals surface area contributed by atoms with Gasteiger partial charge in [-0.15, -0.1) is 10.2 Å². The summed E-state index contributed by atoms with van der Waals surface area (Å²) in [6.45, 7) is 2.00. The van der Waals surface area contributed by atoms with E-state index < -0.39 is 0 Å². The molecule has 2 aromatic heterocycles. The number of thioether (sulfide) groups is 1. The van der Waals surface area contributed by atoms with Gasteiger partial charge >= 0.3 is 0 Å². The second-order valence-electron chi connectivity index (χ2n) is 5.14. The molecule has 0 spiro atoms. The Balaban J connectivity index is 1.61. The molecule has 124 valence electrons. The Morgan fingerprint density at radius 3 is 2.92 bits per heavy atom. The summed E-state index contributed by atoms with van der Waals surface area (Å²) in [5.41, 5.74) is 1.87. The minimum atomic E-state index is -0.0988. The summed E-state index contributed by atoms with van der Waals surface area (Å²) >= 11 is 4.78. The van der Waals surface area contributed by atoms with Crippen LogP contribution in [0.2, 0.25) is 0 Å². The molecule has 0 radical (unpaired) electrons. The number of carbonyl (C=O) groups is 1. The standard InChI is InChI=1S/C16H15BrN4O2S/c1-10-5-6-11(8-12(10)17)18-14(22)9-24-16-20-19-15(21(16)2)13-4-3-7-23-13/h3-8H,9H2,1-2H3,(H,18,22). The molecule has 3 rings (SSSR count). The molecule has 0 bridgehead atoms. The summed E-state index contributed by atoms with van der Waals surface area (Å²) in [5, 5.41) is 11.7. The summed E-state index contributed by atoms with van der Waals surface area (Å²) in [6.07, 6.45) is 1.59. The largest absolute Gasteiger partial charge is 0.461 e. The summed E-state index contributed by atoms with van der Waals surface area (Å²) < 4.78 is 8.09. The molecular weight excluding hydrogens is 392 g/mol. The zero-order valence-electron chi connectivity index (χ0n) is 13.1. The van der Waals surface area contributed by atoms with Crippen molar-refractivity contribution in [3.63, 3.8) is 0 Å². The molecule has 1 aromatic carbocycles. The molecule has 0 unspecified atom stereocenters. The Bertz CT molecular complexity index is 861. The Hall–Kier alpha value is -2.06. The molecule has 24 heavy (non-hydrogen) atoms. The Labute approximate surface area is 151 Å². The van der Waals surface area contributed by atoms with Gasteiger partial charge in [0.15, 0.2) is 16.7 Å². The topological polar surface area (TPSA) is 73.0 Å². The van der Waals surface area contributed by atoms with Crippen molar-refractivity contribution in [2.24, 2.45) is 7.05 Å². The van der Waals surface area contributed by atoms with Crippen LogP contribution in [0.15, 0.2) is 50.6 Å². The lowest BCUT2D eigenvalue weighted by Gasteiger charge is -2.07. The van der Waals surface area contributed by atoms with E-state index in [1.165, 1.54) is 11.8 Å². The summed E-state index contributed by atoms with van der Waals surface area (Å²) in [5.74, 6) is 1.42. The van der Waals surface area contributed by atoms with E-state index in [1.54, 1.807) is 16.9 Å². The van der Waals surface area contributed by atoms with Crippen molar-refractivity contribution < 1.29 is 9.21 Å². The summed E-state index contributed by atoms with van der Waals surface area (Å²) in [4.78, 5) is 12.1. The number of hydrogen-bond acceptors (Lipinski definition) is 5. The van der Waals surface area contributed by atoms with Crippen LogP contribution in [0.1, 0.15) is 5.56 Å². The van der Waals surface area contributed by atoms with Crippen molar-refractivity contribution in [2.45, 2.75) is 12.1 Å². The van der Waals surface area contributed by atoms with Crippen LogP contribution in [0.4, 0.5) is 5.69 Å². The maximum absolute atomic E-state index is 12.1. The molecule has 1 N–H and O–H groups in total. The lowest BCUT2D eigenvalue weighted by Crippen LogP contribution is -2.14. The number of aryl methyl sites for hydroxylation is 1. The minimum Gasteiger partial charge on any atom is -0.461 e. The third-order valence-electron chi connectivity index (χ3n) is 3.36. The number of amides is 1. The van der Waals surface area contributed by atoms with Gasteiger partial charge < -0.3 is 14.3 Å². The van der Waals surface area contributed by atoms with Crippen LogP contribution in [-0.2, 0) is 11.8 Å². The minimum absolute atomic E-state index is 0.0988. The highest BCUT2D eigenvalue weighted by Crippen LogP contribution is 2.24. The first-order valence-corrected chi connectivity index (χ1v) is 8.94. The molecule has 0 aliphatic rings. The van der Waals surface area contributed by atoms with Crippen LogP contribution >= 0.6 is 27.7 Å². The normalized spacial score (nSPS) is 10.8. The van der Waals surface area contributed by atoms with Gasteiger partial charge in [0.1, 0.15) is 0 Å². The molecule has 0 aliphatic carbocycles. The first kappa shape index (κ1) is 16.8.